The molecule has 1 amide bonds. The Morgan fingerprint density at radius 1 is 1.41 bits per heavy atom. The standard InChI is InChI=1S/C16H22F2N2O2/c1-3-19(2)16(22)6-7-20-10-12(21)9-15(20)11-4-5-13(17)14(18)8-11/h4-5,8,12,15,21H,3,6-7,9-10H2,1-2H3/t12-,15-/m0/s1. The predicted molar refractivity (Wildman–Crippen MR) is 79.2 cm³/mol. The molecule has 1 aliphatic heterocycles. The fourth-order valence-electron chi connectivity index (χ4n) is 2.80. The van der Waals surface area contributed by atoms with E-state index in [0.29, 0.717) is 38.0 Å². The van der Waals surface area contributed by atoms with Gasteiger partial charge >= 0.3 is 0 Å². The van der Waals surface area contributed by atoms with Crippen molar-refractivity contribution in [3.63, 3.8) is 0 Å². The minimum absolute atomic E-state index is 0.0351. The molecular weight excluding hydrogens is 290 g/mol. The van der Waals surface area contributed by atoms with Crippen molar-refractivity contribution < 1.29 is 18.7 Å². The lowest BCUT2D eigenvalue weighted by atomic mass is 10.0. The number of hydrogen-bond donors (Lipinski definition) is 1. The van der Waals surface area contributed by atoms with Crippen LogP contribution in [0.15, 0.2) is 18.2 Å². The molecule has 2 rings (SSSR count). The van der Waals surface area contributed by atoms with E-state index >= 15 is 0 Å². The van der Waals surface area contributed by atoms with Crippen molar-refractivity contribution in [3.05, 3.63) is 35.4 Å². The van der Waals surface area contributed by atoms with E-state index in [4.69, 9.17) is 0 Å². The first-order valence-electron chi connectivity index (χ1n) is 7.53. The molecule has 0 aromatic heterocycles. The van der Waals surface area contributed by atoms with Gasteiger partial charge in [0.25, 0.3) is 0 Å². The molecule has 0 radical (unpaired) electrons. The number of β-amino-alcohol motifs (C(OH)–C–C–N with tert-alkyl or cyclic N) is 1. The molecule has 1 aromatic carbocycles. The summed E-state index contributed by atoms with van der Waals surface area (Å²) < 4.78 is 26.5. The smallest absolute Gasteiger partial charge is 0.223 e. The quantitative estimate of drug-likeness (QED) is 0.904. The van der Waals surface area contributed by atoms with Crippen LogP contribution < -0.4 is 0 Å². The normalized spacial score (nSPS) is 22.0. The van der Waals surface area contributed by atoms with Crippen molar-refractivity contribution in [1.82, 2.24) is 9.80 Å². The van der Waals surface area contributed by atoms with Crippen molar-refractivity contribution in [1.29, 1.82) is 0 Å². The first-order chi connectivity index (χ1) is 10.4. The van der Waals surface area contributed by atoms with Crippen LogP contribution in [0.25, 0.3) is 0 Å². The minimum atomic E-state index is -0.888. The van der Waals surface area contributed by atoms with Crippen LogP contribution in [0.5, 0.6) is 0 Å². The van der Waals surface area contributed by atoms with Crippen molar-refractivity contribution in [2.75, 3.05) is 26.7 Å². The van der Waals surface area contributed by atoms with Gasteiger partial charge in [0.2, 0.25) is 5.91 Å². The Kier molecular flexibility index (Phi) is 5.47. The molecule has 22 heavy (non-hydrogen) atoms. The summed E-state index contributed by atoms with van der Waals surface area (Å²) in [5.74, 6) is -1.73. The Bertz CT molecular complexity index is 539. The minimum Gasteiger partial charge on any atom is -0.392 e. The van der Waals surface area contributed by atoms with E-state index in [1.165, 1.54) is 12.1 Å². The summed E-state index contributed by atoms with van der Waals surface area (Å²) in [5.41, 5.74) is 0.631. The molecule has 1 N–H and O–H groups in total. The van der Waals surface area contributed by atoms with Gasteiger partial charge < -0.3 is 10.0 Å². The molecule has 1 fully saturated rings. The number of hydrogen-bond acceptors (Lipinski definition) is 3. The molecule has 1 heterocycles. The van der Waals surface area contributed by atoms with Gasteiger partial charge in [-0.05, 0) is 31.0 Å². The Labute approximate surface area is 129 Å². The molecule has 4 nitrogen and oxygen atoms in total. The number of carbonyl (C=O) groups is 1. The van der Waals surface area contributed by atoms with Crippen molar-refractivity contribution in [2.24, 2.45) is 0 Å². The monoisotopic (exact) mass is 312 g/mol. The number of aliphatic hydroxyl groups excluding tert-OH is 1. The van der Waals surface area contributed by atoms with Crippen LogP contribution >= 0.6 is 0 Å². The average molecular weight is 312 g/mol. The van der Waals surface area contributed by atoms with Gasteiger partial charge in [0.1, 0.15) is 0 Å². The first kappa shape index (κ1) is 16.8. The molecule has 0 aliphatic carbocycles. The van der Waals surface area contributed by atoms with Crippen LogP contribution in [-0.4, -0.2) is 53.6 Å². The lowest BCUT2D eigenvalue weighted by molar-refractivity contribution is -0.130. The maximum absolute atomic E-state index is 13.4. The number of likely N-dealkylation sites (tertiary alicyclic amines) is 1. The number of benzene rings is 1. The van der Waals surface area contributed by atoms with E-state index in [1.54, 1.807) is 11.9 Å². The maximum Gasteiger partial charge on any atom is 0.223 e. The maximum atomic E-state index is 13.4. The molecule has 122 valence electrons. The summed E-state index contributed by atoms with van der Waals surface area (Å²) in [5, 5.41) is 9.87. The highest BCUT2D eigenvalue weighted by Crippen LogP contribution is 2.32. The van der Waals surface area contributed by atoms with Crippen LogP contribution in [-0.2, 0) is 4.79 Å². The summed E-state index contributed by atoms with van der Waals surface area (Å²) in [7, 11) is 1.74. The van der Waals surface area contributed by atoms with Gasteiger partial charge in [-0.15, -0.1) is 0 Å². The van der Waals surface area contributed by atoms with Crippen LogP contribution in [0.3, 0.4) is 0 Å². The second-order valence-electron chi connectivity index (χ2n) is 5.73. The Morgan fingerprint density at radius 2 is 2.14 bits per heavy atom. The van der Waals surface area contributed by atoms with Gasteiger partial charge in [0.05, 0.1) is 6.10 Å². The summed E-state index contributed by atoms with van der Waals surface area (Å²) in [6.07, 6.45) is 0.289. The fourth-order valence-corrected chi connectivity index (χ4v) is 2.80. The van der Waals surface area contributed by atoms with Crippen LogP contribution in [0.1, 0.15) is 31.4 Å². The van der Waals surface area contributed by atoms with Gasteiger partial charge in [-0.1, -0.05) is 6.07 Å². The summed E-state index contributed by atoms with van der Waals surface area (Å²) in [6, 6.07) is 3.62. The number of halogens is 2. The van der Waals surface area contributed by atoms with E-state index in [0.717, 1.165) is 6.07 Å². The average Bonchev–Trinajstić information content (AvgIpc) is 2.87. The van der Waals surface area contributed by atoms with Crippen molar-refractivity contribution in [3.8, 4) is 0 Å². The number of amides is 1. The molecule has 6 heteroatoms. The Balaban J connectivity index is 2.06. The zero-order chi connectivity index (χ0) is 16.3. The molecule has 0 spiro atoms. The van der Waals surface area contributed by atoms with E-state index in [9.17, 15) is 18.7 Å². The van der Waals surface area contributed by atoms with E-state index < -0.39 is 17.7 Å². The lowest BCUT2D eigenvalue weighted by Gasteiger charge is -2.25. The fraction of sp³-hybridized carbons (Fsp3) is 0.562. The molecule has 0 unspecified atom stereocenters. The van der Waals surface area contributed by atoms with Crippen LogP contribution in [0, 0.1) is 11.6 Å². The third-order valence-corrected chi connectivity index (χ3v) is 4.22. The van der Waals surface area contributed by atoms with Gasteiger partial charge in [-0.2, -0.15) is 0 Å². The summed E-state index contributed by atoms with van der Waals surface area (Å²) >= 11 is 0. The highest BCUT2D eigenvalue weighted by atomic mass is 19.2. The second-order valence-corrected chi connectivity index (χ2v) is 5.73. The van der Waals surface area contributed by atoms with Crippen molar-refractivity contribution >= 4 is 5.91 Å². The largest absolute Gasteiger partial charge is 0.392 e. The number of nitrogens with zero attached hydrogens (tertiary/aromatic N) is 2. The Morgan fingerprint density at radius 3 is 2.77 bits per heavy atom. The molecule has 1 aromatic rings. The van der Waals surface area contributed by atoms with Gasteiger partial charge in [-0.25, -0.2) is 8.78 Å². The molecule has 1 saturated heterocycles. The van der Waals surface area contributed by atoms with Gasteiger partial charge in [0, 0.05) is 39.1 Å². The first-order valence-corrected chi connectivity index (χ1v) is 7.53. The van der Waals surface area contributed by atoms with Gasteiger partial charge in [0.15, 0.2) is 11.6 Å². The molecule has 2 atom stereocenters. The van der Waals surface area contributed by atoms with E-state index in [2.05, 4.69) is 0 Å². The second kappa shape index (κ2) is 7.15. The SMILES string of the molecule is CCN(C)C(=O)CCN1C[C@@H](O)C[C@H]1c1ccc(F)c(F)c1. The zero-order valence-electron chi connectivity index (χ0n) is 12.9. The number of aliphatic hydroxyl groups is 1. The summed E-state index contributed by atoms with van der Waals surface area (Å²) in [4.78, 5) is 15.5. The molecule has 0 saturated carbocycles. The zero-order valence-corrected chi connectivity index (χ0v) is 12.9. The van der Waals surface area contributed by atoms with Crippen molar-refractivity contribution in [2.45, 2.75) is 31.9 Å². The van der Waals surface area contributed by atoms with Crippen LogP contribution in [0.4, 0.5) is 8.78 Å². The molecule has 0 bridgehead atoms. The highest BCUT2D eigenvalue weighted by Gasteiger charge is 2.32. The number of rotatable bonds is 5. The van der Waals surface area contributed by atoms with Crippen LogP contribution in [0.2, 0.25) is 0 Å². The number of carbonyl (C=O) groups excluding carboxylic acids is 1. The van der Waals surface area contributed by atoms with E-state index in [-0.39, 0.29) is 11.9 Å². The van der Waals surface area contributed by atoms with Gasteiger partial charge in [-0.3, -0.25) is 9.69 Å². The Hall–Kier alpha value is -1.53. The third-order valence-electron chi connectivity index (χ3n) is 4.22. The predicted octanol–water partition coefficient (Wildman–Crippen LogP) is 1.94. The third kappa shape index (κ3) is 3.81. The topological polar surface area (TPSA) is 43.8 Å². The lowest BCUT2D eigenvalue weighted by Crippen LogP contribution is -2.32. The highest BCUT2D eigenvalue weighted by molar-refractivity contribution is 5.76. The molecular formula is C16H22F2N2O2. The summed E-state index contributed by atoms with van der Waals surface area (Å²) in [6.45, 7) is 3.48. The van der Waals surface area contributed by atoms with E-state index in [1.807, 2.05) is 11.8 Å². The molecule has 1 aliphatic rings.